The molecule has 1 aliphatic heterocycles. The Hall–Kier alpha value is -3.15. The van der Waals surface area contributed by atoms with Crippen LogP contribution < -0.4 is 13.7 Å². The van der Waals surface area contributed by atoms with Gasteiger partial charge in [-0.05, 0) is 46.9 Å². The zero-order chi connectivity index (χ0) is 23.6. The summed E-state index contributed by atoms with van der Waals surface area (Å²) in [6.45, 7) is -0.287. The number of rotatable bonds is 8. The van der Waals surface area contributed by atoms with Gasteiger partial charge >= 0.3 is 10.2 Å². The average molecular weight is 490 g/mol. The summed E-state index contributed by atoms with van der Waals surface area (Å²) in [7, 11) is -7.54. The van der Waals surface area contributed by atoms with Gasteiger partial charge in [0.25, 0.3) is 5.91 Å². The summed E-state index contributed by atoms with van der Waals surface area (Å²) in [5.41, 5.74) is 1.56. The van der Waals surface area contributed by atoms with Crippen molar-refractivity contribution in [1.29, 1.82) is 0 Å². The first-order valence-corrected chi connectivity index (χ1v) is 13.3. The Morgan fingerprint density at radius 2 is 1.79 bits per heavy atom. The molecule has 0 atom stereocenters. The van der Waals surface area contributed by atoms with Crippen molar-refractivity contribution in [1.82, 2.24) is 9.44 Å². The molecule has 3 aromatic rings. The van der Waals surface area contributed by atoms with Crippen molar-refractivity contribution in [3.63, 3.8) is 0 Å². The predicted molar refractivity (Wildman–Crippen MR) is 126 cm³/mol. The van der Waals surface area contributed by atoms with Crippen LogP contribution in [0.5, 0.6) is 5.75 Å². The fourth-order valence-electron chi connectivity index (χ4n) is 3.77. The van der Waals surface area contributed by atoms with E-state index in [0.717, 1.165) is 20.6 Å². The molecule has 0 saturated carbocycles. The third-order valence-corrected chi connectivity index (χ3v) is 8.16. The van der Waals surface area contributed by atoms with Crippen molar-refractivity contribution in [2.24, 2.45) is 0 Å². The van der Waals surface area contributed by atoms with Gasteiger partial charge < -0.3 is 5.11 Å². The van der Waals surface area contributed by atoms with Crippen LogP contribution in [0.25, 0.3) is 10.8 Å². The van der Waals surface area contributed by atoms with Gasteiger partial charge in [0.2, 0.25) is 10.0 Å². The highest BCUT2D eigenvalue weighted by Gasteiger charge is 2.35. The van der Waals surface area contributed by atoms with E-state index < -0.39 is 32.7 Å². The molecule has 0 bridgehead atoms. The first-order chi connectivity index (χ1) is 15.6. The molecule has 1 aliphatic rings. The van der Waals surface area contributed by atoms with Crippen molar-refractivity contribution in [3.05, 3.63) is 71.8 Å². The van der Waals surface area contributed by atoms with Crippen LogP contribution in [0.4, 0.5) is 5.69 Å². The molecule has 3 N–H and O–H groups in total. The van der Waals surface area contributed by atoms with Crippen LogP contribution in [-0.4, -0.2) is 46.7 Å². The molecule has 33 heavy (non-hydrogen) atoms. The predicted octanol–water partition coefficient (Wildman–Crippen LogP) is 1.43. The number of hydrogen-bond acceptors (Lipinski definition) is 6. The number of benzene rings is 3. The van der Waals surface area contributed by atoms with E-state index >= 15 is 0 Å². The number of amides is 1. The molecule has 1 heterocycles. The summed E-state index contributed by atoms with van der Waals surface area (Å²) in [6, 6.07) is 18.0. The monoisotopic (exact) mass is 489 g/mol. The van der Waals surface area contributed by atoms with Crippen LogP contribution in [-0.2, 0) is 37.9 Å². The van der Waals surface area contributed by atoms with Gasteiger partial charge in [0.1, 0.15) is 12.3 Å². The number of fused-ring (bicyclic) bond motifs is 1. The van der Waals surface area contributed by atoms with Crippen LogP contribution >= 0.6 is 0 Å². The minimum Gasteiger partial charge on any atom is -0.506 e. The molecule has 11 heteroatoms. The van der Waals surface area contributed by atoms with E-state index in [9.17, 15) is 26.7 Å². The van der Waals surface area contributed by atoms with Crippen molar-refractivity contribution in [2.75, 3.05) is 23.1 Å². The van der Waals surface area contributed by atoms with E-state index in [1.807, 2.05) is 47.2 Å². The molecule has 0 spiro atoms. The molecular formula is C22H23N3O6S2. The Balaban J connectivity index is 1.35. The number of sulfonamides is 1. The quantitative estimate of drug-likeness (QED) is 0.439. The van der Waals surface area contributed by atoms with Gasteiger partial charge in [0, 0.05) is 6.54 Å². The second-order valence-corrected chi connectivity index (χ2v) is 11.2. The topological polar surface area (TPSA) is 133 Å². The maximum atomic E-state index is 12.5. The van der Waals surface area contributed by atoms with E-state index in [0.29, 0.717) is 18.4 Å². The first-order valence-electron chi connectivity index (χ1n) is 10.2. The summed E-state index contributed by atoms with van der Waals surface area (Å²) in [4.78, 5) is 11.4. The summed E-state index contributed by atoms with van der Waals surface area (Å²) in [6.07, 6.45) is 0.675. The Kier molecular flexibility index (Phi) is 6.28. The lowest BCUT2D eigenvalue weighted by molar-refractivity contribution is -0.117. The average Bonchev–Trinajstić information content (AvgIpc) is 3.04. The summed E-state index contributed by atoms with van der Waals surface area (Å²) >= 11 is 0. The highest BCUT2D eigenvalue weighted by atomic mass is 32.2. The summed E-state index contributed by atoms with van der Waals surface area (Å²) in [5, 5.41) is 12.3. The smallest absolute Gasteiger partial charge is 0.326 e. The van der Waals surface area contributed by atoms with Gasteiger partial charge in [0.05, 0.1) is 11.4 Å². The largest absolute Gasteiger partial charge is 0.506 e. The molecule has 4 rings (SSSR count). The molecule has 1 saturated heterocycles. The van der Waals surface area contributed by atoms with Gasteiger partial charge in [-0.25, -0.2) is 22.2 Å². The lowest BCUT2D eigenvalue weighted by atomic mass is 10.0. The molecule has 3 aromatic carbocycles. The number of anilines is 1. The van der Waals surface area contributed by atoms with Gasteiger partial charge in [-0.2, -0.15) is 8.42 Å². The third-order valence-electron chi connectivity index (χ3n) is 5.38. The molecule has 1 fully saturated rings. The van der Waals surface area contributed by atoms with E-state index in [-0.39, 0.29) is 23.7 Å². The number of aryl methyl sites for hydroxylation is 1. The van der Waals surface area contributed by atoms with Crippen LogP contribution in [0.2, 0.25) is 0 Å². The highest BCUT2D eigenvalue weighted by molar-refractivity contribution is 7.92. The molecule has 174 valence electrons. The van der Waals surface area contributed by atoms with Gasteiger partial charge in [-0.1, -0.05) is 48.5 Å². The van der Waals surface area contributed by atoms with Crippen molar-refractivity contribution >= 4 is 42.6 Å². The Bertz CT molecular complexity index is 1420. The zero-order valence-electron chi connectivity index (χ0n) is 17.6. The van der Waals surface area contributed by atoms with Crippen molar-refractivity contribution in [3.8, 4) is 5.75 Å². The minimum atomic E-state index is -4.02. The van der Waals surface area contributed by atoms with Gasteiger partial charge in [-0.15, -0.1) is 0 Å². The van der Waals surface area contributed by atoms with Crippen LogP contribution in [0.15, 0.2) is 60.7 Å². The molecule has 0 aromatic heterocycles. The molecule has 0 unspecified atom stereocenters. The second kappa shape index (κ2) is 9.00. The lowest BCUT2D eigenvalue weighted by Gasteiger charge is -2.16. The summed E-state index contributed by atoms with van der Waals surface area (Å²) < 4.78 is 54.0. The molecule has 9 nitrogen and oxygen atoms in total. The number of hydrogen-bond donors (Lipinski definition) is 3. The molecule has 1 amide bonds. The maximum absolute atomic E-state index is 12.5. The van der Waals surface area contributed by atoms with Crippen LogP contribution in [0.3, 0.4) is 0 Å². The van der Waals surface area contributed by atoms with E-state index in [2.05, 4.69) is 4.72 Å². The first kappa shape index (κ1) is 23.0. The number of aromatic hydroxyl groups is 1. The second-order valence-electron chi connectivity index (χ2n) is 7.71. The van der Waals surface area contributed by atoms with Crippen molar-refractivity contribution < 1.29 is 26.7 Å². The number of carbonyl (C=O) groups is 1. The molecule has 0 aliphatic carbocycles. The maximum Gasteiger partial charge on any atom is 0.326 e. The standard InChI is InChI=1S/C22H23N3O6S2/c26-21-14-16(8-9-20(21)25-15-22(27)24-33(25,30)31)10-12-23-32(28,29)13-11-18-6-3-5-17-4-1-2-7-19(17)18/h1-9,14,23,26H,10-13,15H2,(H,24,27). The van der Waals surface area contributed by atoms with Crippen LogP contribution in [0.1, 0.15) is 11.1 Å². The number of nitrogens with zero attached hydrogens (tertiary/aromatic N) is 1. The minimum absolute atomic E-state index is 0.0206. The third kappa shape index (κ3) is 5.27. The lowest BCUT2D eigenvalue weighted by Crippen LogP contribution is -2.30. The number of nitrogens with one attached hydrogen (secondary N) is 2. The van der Waals surface area contributed by atoms with E-state index in [1.54, 1.807) is 6.07 Å². The number of carbonyl (C=O) groups excluding carboxylic acids is 1. The van der Waals surface area contributed by atoms with Gasteiger partial charge in [-0.3, -0.25) is 4.79 Å². The Morgan fingerprint density at radius 1 is 1.03 bits per heavy atom. The normalized spacial score (nSPS) is 15.6. The zero-order valence-corrected chi connectivity index (χ0v) is 19.2. The fraction of sp³-hybridized carbons (Fsp3) is 0.227. The van der Waals surface area contributed by atoms with Crippen molar-refractivity contribution in [2.45, 2.75) is 12.8 Å². The molecular weight excluding hydrogens is 466 g/mol. The Labute approximate surface area is 192 Å². The SMILES string of the molecule is O=C1CN(c2ccc(CCNS(=O)(=O)CCc3cccc4ccccc34)cc2O)S(=O)(=O)N1. The fourth-order valence-corrected chi connectivity index (χ4v) is 5.98. The number of phenolic OH excluding ortho intramolecular Hbond substituents is 1. The molecule has 0 radical (unpaired) electrons. The summed E-state index contributed by atoms with van der Waals surface area (Å²) in [5.74, 6) is -1.05. The van der Waals surface area contributed by atoms with E-state index in [1.165, 1.54) is 12.1 Å². The number of phenols is 1. The van der Waals surface area contributed by atoms with Gasteiger partial charge in [0.15, 0.2) is 0 Å². The Morgan fingerprint density at radius 3 is 2.52 bits per heavy atom. The van der Waals surface area contributed by atoms with E-state index in [4.69, 9.17) is 0 Å². The van der Waals surface area contributed by atoms with Crippen LogP contribution in [0, 0.1) is 0 Å². The highest BCUT2D eigenvalue weighted by Crippen LogP contribution is 2.31.